The van der Waals surface area contributed by atoms with Crippen LogP contribution in [-0.4, -0.2) is 46.5 Å². The molecule has 1 aliphatic rings. The van der Waals surface area contributed by atoms with Crippen molar-refractivity contribution < 1.29 is 12.8 Å². The lowest BCUT2D eigenvalue weighted by Gasteiger charge is -2.12. The number of aromatic nitrogens is 4. The van der Waals surface area contributed by atoms with Crippen LogP contribution in [0.15, 0.2) is 53.7 Å². The molecule has 3 aromatic heterocycles. The maximum Gasteiger partial charge on any atom is 0.269 e. The van der Waals surface area contributed by atoms with Crippen molar-refractivity contribution in [3.8, 4) is 11.4 Å². The van der Waals surface area contributed by atoms with Gasteiger partial charge in [0.1, 0.15) is 5.82 Å². The van der Waals surface area contributed by atoms with Gasteiger partial charge in [-0.15, -0.1) is 0 Å². The van der Waals surface area contributed by atoms with Gasteiger partial charge in [-0.1, -0.05) is 29.3 Å². The predicted octanol–water partition coefficient (Wildman–Crippen LogP) is 3.61. The SMILES string of the molecule is Cc1ccc(S(=O)(=O)n2cc(-c3nc(F)cc(N[C@H]4CCNC4)n3)c3cc(Cl)cnc32)cc1. The summed E-state index contributed by atoms with van der Waals surface area (Å²) in [5.74, 6) is -0.371. The molecule has 11 heteroatoms. The molecular formula is C22H20ClFN6O2S. The number of anilines is 1. The lowest BCUT2D eigenvalue weighted by atomic mass is 10.2. The minimum atomic E-state index is -3.98. The highest BCUT2D eigenvalue weighted by atomic mass is 35.5. The minimum Gasteiger partial charge on any atom is -0.366 e. The molecule has 1 saturated heterocycles. The van der Waals surface area contributed by atoms with Gasteiger partial charge in [-0.25, -0.2) is 22.4 Å². The molecule has 0 aliphatic carbocycles. The van der Waals surface area contributed by atoms with E-state index < -0.39 is 16.0 Å². The van der Waals surface area contributed by atoms with Gasteiger partial charge in [-0.05, 0) is 38.1 Å². The third-order valence-electron chi connectivity index (χ3n) is 5.50. The van der Waals surface area contributed by atoms with Crippen molar-refractivity contribution in [3.63, 3.8) is 0 Å². The van der Waals surface area contributed by atoms with Crippen molar-refractivity contribution in [3.05, 3.63) is 65.3 Å². The summed E-state index contributed by atoms with van der Waals surface area (Å²) < 4.78 is 42.3. The minimum absolute atomic E-state index is 0.0374. The molecule has 0 bridgehead atoms. The zero-order valence-corrected chi connectivity index (χ0v) is 19.2. The first-order valence-electron chi connectivity index (χ1n) is 10.3. The summed E-state index contributed by atoms with van der Waals surface area (Å²) in [6.45, 7) is 3.48. The number of aryl methyl sites for hydroxylation is 1. The fourth-order valence-corrected chi connectivity index (χ4v) is 5.32. The van der Waals surface area contributed by atoms with Crippen molar-refractivity contribution in [2.45, 2.75) is 24.3 Å². The first kappa shape index (κ1) is 21.7. The van der Waals surface area contributed by atoms with Gasteiger partial charge in [0, 0.05) is 42.0 Å². The summed E-state index contributed by atoms with van der Waals surface area (Å²) in [7, 11) is -3.98. The third-order valence-corrected chi connectivity index (χ3v) is 7.38. The van der Waals surface area contributed by atoms with Gasteiger partial charge in [0.2, 0.25) is 5.95 Å². The fraction of sp³-hybridized carbons (Fsp3) is 0.227. The predicted molar refractivity (Wildman–Crippen MR) is 124 cm³/mol. The molecule has 33 heavy (non-hydrogen) atoms. The molecule has 170 valence electrons. The van der Waals surface area contributed by atoms with Gasteiger partial charge in [0.25, 0.3) is 10.0 Å². The molecule has 0 radical (unpaired) electrons. The van der Waals surface area contributed by atoms with Crippen molar-refractivity contribution in [2.24, 2.45) is 0 Å². The molecule has 0 unspecified atom stereocenters. The number of hydrogen-bond acceptors (Lipinski definition) is 7. The van der Waals surface area contributed by atoms with E-state index in [1.54, 1.807) is 18.2 Å². The van der Waals surface area contributed by atoms with Gasteiger partial charge >= 0.3 is 0 Å². The average Bonchev–Trinajstić information content (AvgIpc) is 3.41. The molecule has 8 nitrogen and oxygen atoms in total. The molecule has 0 spiro atoms. The second kappa shape index (κ2) is 8.36. The molecular weight excluding hydrogens is 467 g/mol. The first-order valence-corrected chi connectivity index (χ1v) is 12.1. The van der Waals surface area contributed by atoms with Crippen molar-refractivity contribution >= 4 is 38.5 Å². The summed E-state index contributed by atoms with van der Waals surface area (Å²) in [6, 6.07) is 9.40. The maximum atomic E-state index is 14.4. The second-order valence-electron chi connectivity index (χ2n) is 7.91. The van der Waals surface area contributed by atoms with Crippen molar-refractivity contribution in [1.29, 1.82) is 0 Å². The molecule has 1 fully saturated rings. The molecule has 2 N–H and O–H groups in total. The Morgan fingerprint density at radius 3 is 2.73 bits per heavy atom. The number of hydrogen-bond donors (Lipinski definition) is 2. The van der Waals surface area contributed by atoms with E-state index in [-0.39, 0.29) is 22.4 Å². The van der Waals surface area contributed by atoms with E-state index in [2.05, 4.69) is 25.6 Å². The number of pyridine rings is 1. The van der Waals surface area contributed by atoms with Gasteiger partial charge < -0.3 is 10.6 Å². The first-order chi connectivity index (χ1) is 15.8. The Morgan fingerprint density at radius 1 is 1.21 bits per heavy atom. The van der Waals surface area contributed by atoms with Gasteiger partial charge in [0.05, 0.1) is 9.92 Å². The lowest BCUT2D eigenvalue weighted by molar-refractivity contribution is 0.581. The van der Waals surface area contributed by atoms with Gasteiger partial charge in [-0.3, -0.25) is 0 Å². The van der Waals surface area contributed by atoms with Crippen LogP contribution in [0.5, 0.6) is 0 Å². The highest BCUT2D eigenvalue weighted by Gasteiger charge is 2.25. The topological polar surface area (TPSA) is 102 Å². The Kier molecular flexibility index (Phi) is 5.51. The van der Waals surface area contributed by atoms with E-state index in [4.69, 9.17) is 11.6 Å². The summed E-state index contributed by atoms with van der Waals surface area (Å²) in [5, 5.41) is 7.14. The molecule has 4 heterocycles. The Hall–Kier alpha value is -3.08. The quantitative estimate of drug-likeness (QED) is 0.415. The summed E-state index contributed by atoms with van der Waals surface area (Å²) >= 11 is 6.16. The van der Waals surface area contributed by atoms with E-state index in [1.807, 2.05) is 6.92 Å². The zero-order valence-electron chi connectivity index (χ0n) is 17.6. The molecule has 4 aromatic rings. The van der Waals surface area contributed by atoms with Gasteiger partial charge in [0.15, 0.2) is 11.5 Å². The van der Waals surface area contributed by atoms with E-state index in [9.17, 15) is 12.8 Å². The number of rotatable bonds is 5. The Morgan fingerprint density at radius 2 is 2.00 bits per heavy atom. The normalized spacial score (nSPS) is 16.4. The smallest absolute Gasteiger partial charge is 0.269 e. The standard InChI is InChI=1S/C22H20ClFN6O2S/c1-13-2-4-16(5-3-13)33(31,32)30-12-18(17-8-14(23)10-26-22(17)30)21-28-19(24)9-20(29-21)27-15-6-7-25-11-15/h2-5,8-10,12,15,25H,6-7,11H2,1H3,(H,27,28,29)/t15-/m0/s1. The number of nitrogens with one attached hydrogen (secondary N) is 2. The number of fused-ring (bicyclic) bond motifs is 1. The van der Waals surface area contributed by atoms with Crippen LogP contribution in [0, 0.1) is 12.9 Å². The third kappa shape index (κ3) is 4.17. The van der Waals surface area contributed by atoms with Crippen LogP contribution < -0.4 is 10.6 Å². The van der Waals surface area contributed by atoms with Crippen LogP contribution >= 0.6 is 11.6 Å². The Labute approximate surface area is 194 Å². The molecule has 1 aliphatic heterocycles. The highest BCUT2D eigenvalue weighted by Crippen LogP contribution is 2.32. The van der Waals surface area contributed by atoms with Crippen molar-refractivity contribution in [2.75, 3.05) is 18.4 Å². The van der Waals surface area contributed by atoms with Crippen LogP contribution in [0.25, 0.3) is 22.4 Å². The average molecular weight is 487 g/mol. The summed E-state index contributed by atoms with van der Waals surface area (Å²) in [6.07, 6.45) is 3.61. The monoisotopic (exact) mass is 486 g/mol. The fourth-order valence-electron chi connectivity index (χ4n) is 3.84. The molecule has 0 saturated carbocycles. The zero-order chi connectivity index (χ0) is 23.2. The number of benzene rings is 1. The van der Waals surface area contributed by atoms with Crippen LogP contribution in [0.4, 0.5) is 10.2 Å². The van der Waals surface area contributed by atoms with Crippen molar-refractivity contribution in [1.82, 2.24) is 24.2 Å². The number of halogens is 2. The largest absolute Gasteiger partial charge is 0.366 e. The summed E-state index contributed by atoms with van der Waals surface area (Å²) in [4.78, 5) is 12.7. The van der Waals surface area contributed by atoms with Crippen LogP contribution in [0.1, 0.15) is 12.0 Å². The molecule has 1 aromatic carbocycles. The van der Waals surface area contributed by atoms with Gasteiger partial charge in [-0.2, -0.15) is 9.37 Å². The second-order valence-corrected chi connectivity index (χ2v) is 10.2. The highest BCUT2D eigenvalue weighted by molar-refractivity contribution is 7.90. The molecule has 1 atom stereocenters. The van der Waals surface area contributed by atoms with E-state index >= 15 is 0 Å². The van der Waals surface area contributed by atoms with Crippen LogP contribution in [0.2, 0.25) is 5.02 Å². The van der Waals surface area contributed by atoms with Crippen LogP contribution in [-0.2, 0) is 10.0 Å². The number of nitrogens with zero attached hydrogens (tertiary/aromatic N) is 4. The Bertz CT molecular complexity index is 1450. The lowest BCUT2D eigenvalue weighted by Crippen LogP contribution is -2.23. The molecule has 5 rings (SSSR count). The van der Waals surface area contributed by atoms with Crippen LogP contribution in [0.3, 0.4) is 0 Å². The van der Waals surface area contributed by atoms with E-state index in [0.717, 1.165) is 29.0 Å². The molecule has 0 amide bonds. The van der Waals surface area contributed by atoms with E-state index in [0.29, 0.717) is 21.8 Å². The Balaban J connectivity index is 1.66. The summed E-state index contributed by atoms with van der Waals surface area (Å²) in [5.41, 5.74) is 1.39. The maximum absolute atomic E-state index is 14.4. The van der Waals surface area contributed by atoms with E-state index in [1.165, 1.54) is 30.6 Å².